The summed E-state index contributed by atoms with van der Waals surface area (Å²) in [5, 5.41) is 9.44. The van der Waals surface area contributed by atoms with E-state index in [2.05, 4.69) is 0 Å². The quantitative estimate of drug-likeness (QED) is 0.891. The lowest BCUT2D eigenvalue weighted by molar-refractivity contribution is -0.145. The molecule has 0 spiro atoms. The van der Waals surface area contributed by atoms with Gasteiger partial charge < -0.3 is 9.84 Å². The third-order valence-corrected chi connectivity index (χ3v) is 3.36. The van der Waals surface area contributed by atoms with E-state index in [0.717, 1.165) is 0 Å². The van der Waals surface area contributed by atoms with Crippen molar-refractivity contribution in [2.45, 2.75) is 18.9 Å². The van der Waals surface area contributed by atoms with Gasteiger partial charge in [0, 0.05) is 25.9 Å². The van der Waals surface area contributed by atoms with Gasteiger partial charge in [-0.2, -0.15) is 0 Å². The van der Waals surface area contributed by atoms with Crippen LogP contribution in [0.4, 0.5) is 0 Å². The number of carbonyl (C=O) groups is 2. The summed E-state index contributed by atoms with van der Waals surface area (Å²) in [5.74, 6) is -0.0644. The Bertz CT molecular complexity index is 476. The summed E-state index contributed by atoms with van der Waals surface area (Å²) in [4.78, 5) is 24.6. The molecule has 2 rings (SSSR count). The van der Waals surface area contributed by atoms with Crippen molar-refractivity contribution in [1.29, 1.82) is 0 Å². The number of carboxylic acid groups (broad SMARTS) is 1. The maximum absolute atomic E-state index is 11.5. The van der Waals surface area contributed by atoms with Crippen molar-refractivity contribution in [3.63, 3.8) is 0 Å². The second-order valence-electron chi connectivity index (χ2n) is 4.59. The number of piperidine rings is 1. The van der Waals surface area contributed by atoms with Crippen LogP contribution in [0.25, 0.3) is 0 Å². The Morgan fingerprint density at radius 1 is 1.37 bits per heavy atom. The first-order chi connectivity index (χ1) is 9.11. The van der Waals surface area contributed by atoms with E-state index >= 15 is 0 Å². The van der Waals surface area contributed by atoms with Crippen LogP contribution < -0.4 is 4.74 Å². The van der Waals surface area contributed by atoms with Crippen LogP contribution in [-0.4, -0.2) is 42.0 Å². The Balaban J connectivity index is 2.24. The fraction of sp³-hybridized carbons (Fsp3) is 0.429. The zero-order valence-corrected chi connectivity index (χ0v) is 10.8. The van der Waals surface area contributed by atoms with Gasteiger partial charge in [0.05, 0.1) is 7.11 Å². The fourth-order valence-electron chi connectivity index (χ4n) is 2.35. The molecule has 5 nitrogen and oxygen atoms in total. The molecule has 5 heteroatoms. The first-order valence-corrected chi connectivity index (χ1v) is 6.24. The normalized spacial score (nSPS) is 18.1. The van der Waals surface area contributed by atoms with Crippen molar-refractivity contribution in [2.24, 2.45) is 0 Å². The molecule has 0 radical (unpaired) electrons. The predicted molar refractivity (Wildman–Crippen MR) is 69.2 cm³/mol. The van der Waals surface area contributed by atoms with Gasteiger partial charge in [-0.05, 0) is 17.7 Å². The van der Waals surface area contributed by atoms with Crippen LogP contribution in [0.15, 0.2) is 24.3 Å². The molecule has 0 amide bonds. The number of benzene rings is 1. The molecule has 1 aliphatic rings. The monoisotopic (exact) mass is 263 g/mol. The van der Waals surface area contributed by atoms with Crippen molar-refractivity contribution in [3.05, 3.63) is 29.8 Å². The van der Waals surface area contributed by atoms with Crippen LogP contribution in [0.1, 0.15) is 24.4 Å². The van der Waals surface area contributed by atoms with Crippen LogP contribution in [0.3, 0.4) is 0 Å². The number of carboxylic acids is 1. The highest BCUT2D eigenvalue weighted by Crippen LogP contribution is 2.26. The molecule has 1 aromatic rings. The van der Waals surface area contributed by atoms with Gasteiger partial charge in [-0.1, -0.05) is 12.1 Å². The van der Waals surface area contributed by atoms with Crippen molar-refractivity contribution < 1.29 is 19.4 Å². The third-order valence-electron chi connectivity index (χ3n) is 3.36. The molecular formula is C14H17NO4. The van der Waals surface area contributed by atoms with Crippen LogP contribution in [-0.2, 0) is 9.59 Å². The number of ether oxygens (including phenoxy) is 1. The largest absolute Gasteiger partial charge is 0.497 e. The Morgan fingerprint density at radius 3 is 2.63 bits per heavy atom. The third kappa shape index (κ3) is 3.12. The topological polar surface area (TPSA) is 66.8 Å². The number of Topliss-reactive ketones (excluding diaryl/α,β-unsaturated/α-hetero) is 1. The van der Waals surface area contributed by atoms with Crippen molar-refractivity contribution in [2.75, 3.05) is 20.2 Å². The molecule has 1 N–H and O–H groups in total. The van der Waals surface area contributed by atoms with E-state index < -0.39 is 12.0 Å². The lowest BCUT2D eigenvalue weighted by Gasteiger charge is -2.31. The highest BCUT2D eigenvalue weighted by molar-refractivity contribution is 5.80. The molecule has 1 heterocycles. The fourth-order valence-corrected chi connectivity index (χ4v) is 2.35. The minimum Gasteiger partial charge on any atom is -0.497 e. The number of likely N-dealkylation sites (tertiary alicyclic amines) is 1. The van der Waals surface area contributed by atoms with Crippen molar-refractivity contribution in [1.82, 2.24) is 4.90 Å². The smallest absolute Gasteiger partial charge is 0.325 e. The summed E-state index contributed by atoms with van der Waals surface area (Å²) in [6.07, 6.45) is 0.849. The van der Waals surface area contributed by atoms with Gasteiger partial charge in [0.15, 0.2) is 0 Å². The van der Waals surface area contributed by atoms with Crippen LogP contribution in [0.2, 0.25) is 0 Å². The van der Waals surface area contributed by atoms with Gasteiger partial charge in [0.1, 0.15) is 17.6 Å². The SMILES string of the molecule is COc1cccc(C(C(=O)O)N2CCC(=O)CC2)c1. The molecule has 0 bridgehead atoms. The molecule has 1 saturated heterocycles. The number of methoxy groups -OCH3 is 1. The Hall–Kier alpha value is -1.88. The lowest BCUT2D eigenvalue weighted by atomic mass is 10.0. The minimum absolute atomic E-state index is 0.200. The highest BCUT2D eigenvalue weighted by Gasteiger charge is 2.30. The van der Waals surface area contributed by atoms with E-state index in [4.69, 9.17) is 4.74 Å². The Labute approximate surface area is 111 Å². The molecule has 0 aromatic heterocycles. The number of carbonyl (C=O) groups excluding carboxylic acids is 1. The van der Waals surface area contributed by atoms with E-state index in [9.17, 15) is 14.7 Å². The Morgan fingerprint density at radius 2 is 2.05 bits per heavy atom. The molecule has 0 aliphatic carbocycles. The van der Waals surface area contributed by atoms with Gasteiger partial charge in [0.25, 0.3) is 0 Å². The molecule has 102 valence electrons. The number of rotatable bonds is 4. The van der Waals surface area contributed by atoms with Gasteiger partial charge >= 0.3 is 5.97 Å². The summed E-state index contributed by atoms with van der Waals surface area (Å²) < 4.78 is 5.12. The van der Waals surface area contributed by atoms with Crippen molar-refractivity contribution >= 4 is 11.8 Å². The predicted octanol–water partition coefficient (Wildman–Crippen LogP) is 1.49. The molecule has 1 aliphatic heterocycles. The second-order valence-corrected chi connectivity index (χ2v) is 4.59. The van der Waals surface area contributed by atoms with E-state index in [0.29, 0.717) is 37.2 Å². The summed E-state index contributed by atoms with van der Waals surface area (Å²) in [6, 6.07) is 6.34. The molecular weight excluding hydrogens is 246 g/mol. The second kappa shape index (κ2) is 5.84. The van der Waals surface area contributed by atoms with Crippen LogP contribution >= 0.6 is 0 Å². The number of nitrogens with zero attached hydrogens (tertiary/aromatic N) is 1. The molecule has 1 unspecified atom stereocenters. The highest BCUT2D eigenvalue weighted by atomic mass is 16.5. The van der Waals surface area contributed by atoms with Gasteiger partial charge in [-0.3, -0.25) is 14.5 Å². The molecule has 0 saturated carbocycles. The van der Waals surface area contributed by atoms with Gasteiger partial charge in [-0.15, -0.1) is 0 Å². The number of aliphatic carboxylic acids is 1. The first kappa shape index (κ1) is 13.5. The summed E-state index contributed by atoms with van der Waals surface area (Å²) in [7, 11) is 1.55. The molecule has 1 atom stereocenters. The van der Waals surface area contributed by atoms with Gasteiger partial charge in [-0.25, -0.2) is 0 Å². The average Bonchev–Trinajstić information content (AvgIpc) is 2.41. The number of ketones is 1. The van der Waals surface area contributed by atoms with Crippen LogP contribution in [0, 0.1) is 0 Å². The molecule has 19 heavy (non-hydrogen) atoms. The van der Waals surface area contributed by atoms with E-state index in [-0.39, 0.29) is 5.78 Å². The summed E-state index contributed by atoms with van der Waals surface area (Å²) in [5.41, 5.74) is 0.682. The van der Waals surface area contributed by atoms with E-state index in [1.54, 1.807) is 31.4 Å². The summed E-state index contributed by atoms with van der Waals surface area (Å²) in [6.45, 7) is 0.986. The zero-order chi connectivity index (χ0) is 13.8. The molecule has 1 fully saturated rings. The maximum atomic E-state index is 11.5. The number of hydrogen-bond acceptors (Lipinski definition) is 4. The lowest BCUT2D eigenvalue weighted by Crippen LogP contribution is -2.40. The average molecular weight is 263 g/mol. The Kier molecular flexibility index (Phi) is 4.16. The van der Waals surface area contributed by atoms with E-state index in [1.807, 2.05) is 4.90 Å². The maximum Gasteiger partial charge on any atom is 0.325 e. The van der Waals surface area contributed by atoms with Gasteiger partial charge in [0.2, 0.25) is 0 Å². The standard InChI is InChI=1S/C14H17NO4/c1-19-12-4-2-3-10(9-12)13(14(17)18)15-7-5-11(16)6-8-15/h2-4,9,13H,5-8H2,1H3,(H,17,18). The van der Waals surface area contributed by atoms with Crippen LogP contribution in [0.5, 0.6) is 5.75 Å². The number of hydrogen-bond donors (Lipinski definition) is 1. The van der Waals surface area contributed by atoms with Crippen molar-refractivity contribution in [3.8, 4) is 5.75 Å². The van der Waals surface area contributed by atoms with E-state index in [1.165, 1.54) is 0 Å². The zero-order valence-electron chi connectivity index (χ0n) is 10.8. The summed E-state index contributed by atoms with van der Waals surface area (Å²) >= 11 is 0. The minimum atomic E-state index is -0.900. The first-order valence-electron chi connectivity index (χ1n) is 6.24. The molecule has 1 aromatic carbocycles.